The average molecular weight is 193 g/mol. The largest absolute Gasteiger partial charge is 0.469 e. The normalized spacial score (nSPS) is 12.2. The third kappa shape index (κ3) is 2.55. The topological polar surface area (TPSA) is 39.2 Å². The highest BCUT2D eigenvalue weighted by molar-refractivity contribution is 5.70. The second kappa shape index (κ2) is 4.74. The smallest absolute Gasteiger partial charge is 0.306 e. The van der Waals surface area contributed by atoms with Crippen LogP contribution in [0.5, 0.6) is 0 Å². The summed E-state index contributed by atoms with van der Waals surface area (Å²) in [6.07, 6.45) is 2.13. The van der Waals surface area contributed by atoms with E-state index in [1.807, 2.05) is 26.0 Å². The monoisotopic (exact) mass is 193 g/mol. The maximum Gasteiger partial charge on any atom is 0.306 e. The van der Waals surface area contributed by atoms with Gasteiger partial charge in [-0.1, -0.05) is 13.0 Å². The highest BCUT2D eigenvalue weighted by Crippen LogP contribution is 2.19. The highest BCUT2D eigenvalue weighted by atomic mass is 16.5. The summed E-state index contributed by atoms with van der Waals surface area (Å²) in [4.78, 5) is 15.3. The number of hydrogen-bond donors (Lipinski definition) is 0. The Labute approximate surface area is 84.1 Å². The Balaban J connectivity index is 2.74. The summed E-state index contributed by atoms with van der Waals surface area (Å²) in [5, 5.41) is 0. The van der Waals surface area contributed by atoms with Crippen molar-refractivity contribution in [3.8, 4) is 0 Å². The van der Waals surface area contributed by atoms with Crippen LogP contribution in [0.15, 0.2) is 18.3 Å². The summed E-state index contributed by atoms with van der Waals surface area (Å²) in [5.74, 6) is -0.0776. The zero-order chi connectivity index (χ0) is 10.6. The van der Waals surface area contributed by atoms with Gasteiger partial charge in [0.1, 0.15) is 0 Å². The molecule has 0 amide bonds. The molecule has 0 aliphatic heterocycles. The minimum Gasteiger partial charge on any atom is -0.469 e. The number of esters is 1. The molecule has 0 saturated heterocycles. The Morgan fingerprint density at radius 2 is 2.36 bits per heavy atom. The SMILES string of the molecule is COC(=O)CC(C)c1ncccc1C. The van der Waals surface area contributed by atoms with Gasteiger partial charge in [0.2, 0.25) is 0 Å². The van der Waals surface area contributed by atoms with E-state index in [4.69, 9.17) is 0 Å². The molecule has 1 heterocycles. The van der Waals surface area contributed by atoms with Crippen molar-refractivity contribution >= 4 is 5.97 Å². The number of methoxy groups -OCH3 is 1. The first kappa shape index (κ1) is 10.7. The van der Waals surface area contributed by atoms with Gasteiger partial charge in [-0.15, -0.1) is 0 Å². The lowest BCUT2D eigenvalue weighted by molar-refractivity contribution is -0.141. The minimum absolute atomic E-state index is 0.114. The van der Waals surface area contributed by atoms with Crippen LogP contribution in [-0.4, -0.2) is 18.1 Å². The summed E-state index contributed by atoms with van der Waals surface area (Å²) >= 11 is 0. The van der Waals surface area contributed by atoms with Crippen LogP contribution in [0, 0.1) is 6.92 Å². The zero-order valence-electron chi connectivity index (χ0n) is 8.78. The maximum atomic E-state index is 11.1. The molecule has 1 atom stereocenters. The first-order valence-corrected chi connectivity index (χ1v) is 4.63. The zero-order valence-corrected chi connectivity index (χ0v) is 8.78. The predicted octanol–water partition coefficient (Wildman–Crippen LogP) is 2.06. The van der Waals surface area contributed by atoms with Gasteiger partial charge in [-0.2, -0.15) is 0 Å². The molecule has 1 rings (SSSR count). The van der Waals surface area contributed by atoms with Crippen LogP contribution >= 0.6 is 0 Å². The van der Waals surface area contributed by atoms with E-state index >= 15 is 0 Å². The van der Waals surface area contributed by atoms with Gasteiger partial charge in [0.05, 0.1) is 13.5 Å². The van der Waals surface area contributed by atoms with Gasteiger partial charge in [0.15, 0.2) is 0 Å². The van der Waals surface area contributed by atoms with E-state index in [0.29, 0.717) is 6.42 Å². The molecule has 0 fully saturated rings. The fourth-order valence-corrected chi connectivity index (χ4v) is 1.44. The molecule has 14 heavy (non-hydrogen) atoms. The van der Waals surface area contributed by atoms with Crippen molar-refractivity contribution in [2.45, 2.75) is 26.2 Å². The molecule has 0 aliphatic carbocycles. The summed E-state index contributed by atoms with van der Waals surface area (Å²) in [6.45, 7) is 3.97. The molecule has 3 nitrogen and oxygen atoms in total. The van der Waals surface area contributed by atoms with Crippen LogP contribution in [0.25, 0.3) is 0 Å². The van der Waals surface area contributed by atoms with Gasteiger partial charge in [-0.3, -0.25) is 9.78 Å². The van der Waals surface area contributed by atoms with Crippen molar-refractivity contribution in [3.05, 3.63) is 29.6 Å². The van der Waals surface area contributed by atoms with Gasteiger partial charge in [0.25, 0.3) is 0 Å². The van der Waals surface area contributed by atoms with E-state index in [9.17, 15) is 4.79 Å². The molecule has 0 N–H and O–H groups in total. The molecule has 0 saturated carbocycles. The van der Waals surface area contributed by atoms with Crippen LogP contribution in [-0.2, 0) is 9.53 Å². The Morgan fingerprint density at radius 3 is 2.93 bits per heavy atom. The van der Waals surface area contributed by atoms with Crippen molar-refractivity contribution in [1.29, 1.82) is 0 Å². The Bertz CT molecular complexity index is 323. The predicted molar refractivity (Wildman–Crippen MR) is 54.0 cm³/mol. The van der Waals surface area contributed by atoms with E-state index in [1.54, 1.807) is 6.20 Å². The van der Waals surface area contributed by atoms with Gasteiger partial charge < -0.3 is 4.74 Å². The molecule has 1 unspecified atom stereocenters. The van der Waals surface area contributed by atoms with Gasteiger partial charge in [-0.05, 0) is 18.6 Å². The Kier molecular flexibility index (Phi) is 3.63. The number of carbonyl (C=O) groups is 1. The van der Waals surface area contributed by atoms with Crippen LogP contribution in [0.3, 0.4) is 0 Å². The van der Waals surface area contributed by atoms with E-state index in [1.165, 1.54) is 7.11 Å². The molecule has 3 heteroatoms. The standard InChI is InChI=1S/C11H15NO2/c1-8-5-4-6-12-11(8)9(2)7-10(13)14-3/h4-6,9H,7H2,1-3H3. The number of aromatic nitrogens is 1. The molecule has 1 aromatic heterocycles. The molecular weight excluding hydrogens is 178 g/mol. The number of ether oxygens (including phenoxy) is 1. The quantitative estimate of drug-likeness (QED) is 0.690. The molecule has 0 spiro atoms. The number of carbonyl (C=O) groups excluding carboxylic acids is 1. The van der Waals surface area contributed by atoms with E-state index in [2.05, 4.69) is 9.72 Å². The second-order valence-corrected chi connectivity index (χ2v) is 3.39. The molecule has 1 aromatic rings. The van der Waals surface area contributed by atoms with Crippen molar-refractivity contribution < 1.29 is 9.53 Å². The Hall–Kier alpha value is -1.38. The number of aryl methyl sites for hydroxylation is 1. The molecule has 0 aromatic carbocycles. The number of nitrogens with zero attached hydrogens (tertiary/aromatic N) is 1. The summed E-state index contributed by atoms with van der Waals surface area (Å²) in [5.41, 5.74) is 2.09. The lowest BCUT2D eigenvalue weighted by Crippen LogP contribution is -2.08. The van der Waals surface area contributed by atoms with Gasteiger partial charge in [0, 0.05) is 17.8 Å². The van der Waals surface area contributed by atoms with Gasteiger partial charge >= 0.3 is 5.97 Å². The highest BCUT2D eigenvalue weighted by Gasteiger charge is 2.13. The van der Waals surface area contributed by atoms with Crippen molar-refractivity contribution in [1.82, 2.24) is 4.98 Å². The average Bonchev–Trinajstić information content (AvgIpc) is 2.18. The lowest BCUT2D eigenvalue weighted by Gasteiger charge is -2.11. The maximum absolute atomic E-state index is 11.1. The summed E-state index contributed by atoms with van der Waals surface area (Å²) in [7, 11) is 1.40. The van der Waals surface area contributed by atoms with E-state index in [0.717, 1.165) is 11.3 Å². The van der Waals surface area contributed by atoms with E-state index < -0.39 is 0 Å². The number of hydrogen-bond acceptors (Lipinski definition) is 3. The molecule has 0 aliphatic rings. The Morgan fingerprint density at radius 1 is 1.64 bits per heavy atom. The molecule has 0 radical (unpaired) electrons. The number of pyridine rings is 1. The third-order valence-electron chi connectivity index (χ3n) is 2.22. The lowest BCUT2D eigenvalue weighted by atomic mass is 9.99. The van der Waals surface area contributed by atoms with Gasteiger partial charge in [-0.25, -0.2) is 0 Å². The fraction of sp³-hybridized carbons (Fsp3) is 0.455. The van der Waals surface area contributed by atoms with Crippen molar-refractivity contribution in [3.63, 3.8) is 0 Å². The van der Waals surface area contributed by atoms with Crippen molar-refractivity contribution in [2.24, 2.45) is 0 Å². The minimum atomic E-state index is -0.192. The molecular formula is C11H15NO2. The second-order valence-electron chi connectivity index (χ2n) is 3.39. The van der Waals surface area contributed by atoms with Crippen LogP contribution in [0.4, 0.5) is 0 Å². The summed E-state index contributed by atoms with van der Waals surface area (Å²) < 4.78 is 4.62. The molecule has 0 bridgehead atoms. The van der Waals surface area contributed by atoms with Crippen LogP contribution in [0.2, 0.25) is 0 Å². The number of rotatable bonds is 3. The molecule has 76 valence electrons. The van der Waals surface area contributed by atoms with Crippen molar-refractivity contribution in [2.75, 3.05) is 7.11 Å². The van der Waals surface area contributed by atoms with Crippen LogP contribution in [0.1, 0.15) is 30.5 Å². The van der Waals surface area contributed by atoms with Crippen LogP contribution < -0.4 is 0 Å². The third-order valence-corrected chi connectivity index (χ3v) is 2.22. The van der Waals surface area contributed by atoms with E-state index in [-0.39, 0.29) is 11.9 Å². The summed E-state index contributed by atoms with van der Waals surface area (Å²) in [6, 6.07) is 3.89. The fourth-order valence-electron chi connectivity index (χ4n) is 1.44. The first-order valence-electron chi connectivity index (χ1n) is 4.63. The first-order chi connectivity index (χ1) is 6.65.